The van der Waals surface area contributed by atoms with Crippen molar-refractivity contribution in [2.24, 2.45) is 0 Å². The van der Waals surface area contributed by atoms with E-state index in [2.05, 4.69) is 86.8 Å². The number of fused-ring (bicyclic) bond motifs is 2. The number of H-pyrrole nitrogens is 2. The van der Waals surface area contributed by atoms with Crippen molar-refractivity contribution < 1.29 is 0 Å². The van der Waals surface area contributed by atoms with Crippen LogP contribution in [0.1, 0.15) is 24.2 Å². The van der Waals surface area contributed by atoms with Crippen LogP contribution in [0.4, 0.5) is 0 Å². The van der Waals surface area contributed by atoms with Crippen LogP contribution in [0.15, 0.2) is 54.6 Å². The quantitative estimate of drug-likeness (QED) is 0.435. The summed E-state index contributed by atoms with van der Waals surface area (Å²) in [6.45, 7) is 5.25. The SMILES string of the molecule is Cc1ccc2cc(-c3n[nH]c4ccc(-c5n[nH]c(CN6CCCC6)n5)cc34)ccc2c1. The van der Waals surface area contributed by atoms with E-state index in [1.807, 2.05) is 0 Å². The predicted octanol–water partition coefficient (Wildman–Crippen LogP) is 5.07. The molecule has 2 N–H and O–H groups in total. The summed E-state index contributed by atoms with van der Waals surface area (Å²) in [6.07, 6.45) is 2.55. The third kappa shape index (κ3) is 3.39. The predicted molar refractivity (Wildman–Crippen MR) is 124 cm³/mol. The summed E-state index contributed by atoms with van der Waals surface area (Å²) in [5.41, 5.74) is 5.33. The van der Waals surface area contributed by atoms with Gasteiger partial charge in [0.15, 0.2) is 5.82 Å². The first-order chi connectivity index (χ1) is 15.2. The molecule has 1 saturated heterocycles. The molecule has 6 rings (SSSR count). The van der Waals surface area contributed by atoms with Crippen LogP contribution in [0.25, 0.3) is 44.3 Å². The van der Waals surface area contributed by atoms with E-state index in [1.54, 1.807) is 0 Å². The van der Waals surface area contributed by atoms with Crippen molar-refractivity contribution in [2.75, 3.05) is 13.1 Å². The molecule has 0 aliphatic carbocycles. The van der Waals surface area contributed by atoms with Gasteiger partial charge >= 0.3 is 0 Å². The zero-order valence-corrected chi connectivity index (χ0v) is 17.5. The zero-order valence-electron chi connectivity index (χ0n) is 17.5. The van der Waals surface area contributed by atoms with Crippen LogP contribution in [-0.2, 0) is 6.54 Å². The fraction of sp³-hybridized carbons (Fsp3) is 0.240. The molecule has 1 aliphatic heterocycles. The second-order valence-corrected chi connectivity index (χ2v) is 8.49. The number of hydrogen-bond acceptors (Lipinski definition) is 4. The minimum absolute atomic E-state index is 0.734. The van der Waals surface area contributed by atoms with Gasteiger partial charge in [0.1, 0.15) is 5.82 Å². The molecule has 0 amide bonds. The average molecular weight is 409 g/mol. The standard InChI is InChI=1S/C25H24N6/c1-16-4-5-18-13-19(7-6-17(18)12-16)24-21-14-20(8-9-22(21)27-29-24)25-26-23(28-30-25)15-31-10-2-3-11-31/h4-9,12-14H,2-3,10-11,15H2,1H3,(H,27,29)(H,26,28,30). The summed E-state index contributed by atoms with van der Waals surface area (Å²) in [5.74, 6) is 1.66. The molecule has 6 heteroatoms. The number of rotatable bonds is 4. The summed E-state index contributed by atoms with van der Waals surface area (Å²) >= 11 is 0. The first kappa shape index (κ1) is 18.3. The Bertz CT molecular complexity index is 1390. The maximum absolute atomic E-state index is 4.75. The smallest absolute Gasteiger partial charge is 0.181 e. The zero-order chi connectivity index (χ0) is 20.8. The molecule has 0 unspecified atom stereocenters. The molecule has 2 aromatic heterocycles. The molecular formula is C25H24N6. The Hall–Kier alpha value is -3.51. The van der Waals surface area contributed by atoms with Gasteiger partial charge in [0, 0.05) is 16.5 Å². The Morgan fingerprint density at radius 2 is 1.65 bits per heavy atom. The fourth-order valence-corrected chi connectivity index (χ4v) is 4.53. The highest BCUT2D eigenvalue weighted by molar-refractivity contribution is 5.97. The van der Waals surface area contributed by atoms with E-state index in [9.17, 15) is 0 Å². The van der Waals surface area contributed by atoms with Gasteiger partial charge in [-0.1, -0.05) is 35.9 Å². The number of likely N-dealkylation sites (tertiary alicyclic amines) is 1. The molecule has 0 radical (unpaired) electrons. The van der Waals surface area contributed by atoms with E-state index in [0.717, 1.165) is 59.0 Å². The van der Waals surface area contributed by atoms with Crippen LogP contribution in [0, 0.1) is 6.92 Å². The molecule has 1 aliphatic rings. The van der Waals surface area contributed by atoms with Gasteiger partial charge in [0.2, 0.25) is 0 Å². The first-order valence-electron chi connectivity index (χ1n) is 10.9. The van der Waals surface area contributed by atoms with Gasteiger partial charge in [-0.15, -0.1) is 0 Å². The molecule has 0 saturated carbocycles. The summed E-state index contributed by atoms with van der Waals surface area (Å²) in [5, 5.41) is 18.9. The third-order valence-electron chi connectivity index (χ3n) is 6.19. The maximum Gasteiger partial charge on any atom is 0.181 e. The van der Waals surface area contributed by atoms with E-state index in [0.29, 0.717) is 0 Å². The molecule has 0 spiro atoms. The minimum atomic E-state index is 0.734. The number of hydrogen-bond donors (Lipinski definition) is 2. The van der Waals surface area contributed by atoms with Crippen molar-refractivity contribution >= 4 is 21.7 Å². The lowest BCUT2D eigenvalue weighted by atomic mass is 10.0. The maximum atomic E-state index is 4.75. The molecule has 0 bridgehead atoms. The number of benzene rings is 3. The molecule has 1 fully saturated rings. The summed E-state index contributed by atoms with van der Waals surface area (Å²) in [4.78, 5) is 7.17. The van der Waals surface area contributed by atoms with Gasteiger partial charge in [-0.05, 0) is 67.9 Å². The highest BCUT2D eigenvalue weighted by atomic mass is 15.3. The van der Waals surface area contributed by atoms with Gasteiger partial charge in [-0.2, -0.15) is 10.2 Å². The number of nitrogens with zero attached hydrogens (tertiary/aromatic N) is 4. The molecule has 0 atom stereocenters. The molecular weight excluding hydrogens is 384 g/mol. The van der Waals surface area contributed by atoms with Crippen molar-refractivity contribution in [1.29, 1.82) is 0 Å². The molecule has 154 valence electrons. The van der Waals surface area contributed by atoms with Crippen LogP contribution in [0.2, 0.25) is 0 Å². The first-order valence-corrected chi connectivity index (χ1v) is 10.9. The Balaban J connectivity index is 1.36. The van der Waals surface area contributed by atoms with Gasteiger partial charge < -0.3 is 0 Å². The molecule has 3 heterocycles. The Kier molecular flexibility index (Phi) is 4.32. The van der Waals surface area contributed by atoms with Crippen molar-refractivity contribution in [3.05, 3.63) is 66.0 Å². The van der Waals surface area contributed by atoms with Crippen LogP contribution < -0.4 is 0 Å². The van der Waals surface area contributed by atoms with E-state index < -0.39 is 0 Å². The summed E-state index contributed by atoms with van der Waals surface area (Å²) < 4.78 is 0. The van der Waals surface area contributed by atoms with Crippen molar-refractivity contribution in [3.8, 4) is 22.6 Å². The largest absolute Gasteiger partial charge is 0.296 e. The Morgan fingerprint density at radius 3 is 2.55 bits per heavy atom. The lowest BCUT2D eigenvalue weighted by Crippen LogP contribution is -2.19. The van der Waals surface area contributed by atoms with E-state index in [1.165, 1.54) is 29.2 Å². The average Bonchev–Trinajstić information content (AvgIpc) is 3.54. The fourth-order valence-electron chi connectivity index (χ4n) is 4.53. The Labute approximate surface area is 180 Å². The molecule has 6 nitrogen and oxygen atoms in total. The van der Waals surface area contributed by atoms with Crippen molar-refractivity contribution in [1.82, 2.24) is 30.3 Å². The van der Waals surface area contributed by atoms with E-state index >= 15 is 0 Å². The highest BCUT2D eigenvalue weighted by Gasteiger charge is 2.16. The number of nitrogens with one attached hydrogen (secondary N) is 2. The van der Waals surface area contributed by atoms with Crippen LogP contribution in [-0.4, -0.2) is 43.4 Å². The highest BCUT2D eigenvalue weighted by Crippen LogP contribution is 2.31. The summed E-state index contributed by atoms with van der Waals surface area (Å²) in [6, 6.07) is 19.3. The molecule has 5 aromatic rings. The molecule has 3 aromatic carbocycles. The van der Waals surface area contributed by atoms with Crippen LogP contribution in [0.3, 0.4) is 0 Å². The van der Waals surface area contributed by atoms with Gasteiger partial charge in [-0.3, -0.25) is 15.1 Å². The number of aromatic nitrogens is 5. The van der Waals surface area contributed by atoms with Crippen LogP contribution in [0.5, 0.6) is 0 Å². The van der Waals surface area contributed by atoms with E-state index in [4.69, 9.17) is 4.98 Å². The van der Waals surface area contributed by atoms with Crippen molar-refractivity contribution in [2.45, 2.75) is 26.3 Å². The number of aromatic amines is 2. The van der Waals surface area contributed by atoms with Gasteiger partial charge in [-0.25, -0.2) is 4.98 Å². The van der Waals surface area contributed by atoms with Gasteiger partial charge in [0.05, 0.1) is 17.8 Å². The topological polar surface area (TPSA) is 73.5 Å². The second kappa shape index (κ2) is 7.32. The van der Waals surface area contributed by atoms with Crippen LogP contribution >= 0.6 is 0 Å². The monoisotopic (exact) mass is 408 g/mol. The van der Waals surface area contributed by atoms with Crippen molar-refractivity contribution in [3.63, 3.8) is 0 Å². The second-order valence-electron chi connectivity index (χ2n) is 8.49. The lowest BCUT2D eigenvalue weighted by Gasteiger charge is -2.11. The minimum Gasteiger partial charge on any atom is -0.296 e. The van der Waals surface area contributed by atoms with E-state index in [-0.39, 0.29) is 0 Å². The molecule has 31 heavy (non-hydrogen) atoms. The Morgan fingerprint density at radius 1 is 0.839 bits per heavy atom. The summed E-state index contributed by atoms with van der Waals surface area (Å²) in [7, 11) is 0. The third-order valence-corrected chi connectivity index (χ3v) is 6.19. The number of aryl methyl sites for hydroxylation is 1. The van der Waals surface area contributed by atoms with Gasteiger partial charge in [0.25, 0.3) is 0 Å². The normalized spacial score (nSPS) is 14.7. The lowest BCUT2D eigenvalue weighted by molar-refractivity contribution is 0.323.